The van der Waals surface area contributed by atoms with Gasteiger partial charge in [-0.1, -0.05) is 18.2 Å². The Morgan fingerprint density at radius 2 is 1.92 bits per heavy atom. The number of hydrogen-bond acceptors (Lipinski definition) is 6. The molecule has 0 fully saturated rings. The van der Waals surface area contributed by atoms with Crippen molar-refractivity contribution in [1.29, 1.82) is 0 Å². The number of rotatable bonds is 11. The number of halogens is 1. The van der Waals surface area contributed by atoms with Gasteiger partial charge in [-0.2, -0.15) is 0 Å². The highest BCUT2D eigenvalue weighted by molar-refractivity contribution is 7.92. The number of aromatic nitrogens is 1. The first kappa shape index (κ1) is 27.5. The molecule has 1 heterocycles. The van der Waals surface area contributed by atoms with Crippen molar-refractivity contribution in [2.75, 3.05) is 20.0 Å². The number of aryl methyl sites for hydroxylation is 2. The van der Waals surface area contributed by atoms with E-state index in [0.29, 0.717) is 28.5 Å². The Bertz CT molecular complexity index is 1420. The first-order chi connectivity index (χ1) is 17.0. The molecule has 194 valence electrons. The van der Waals surface area contributed by atoms with Crippen molar-refractivity contribution in [1.82, 2.24) is 10.0 Å². The van der Waals surface area contributed by atoms with E-state index in [9.17, 15) is 22.4 Å². The second-order valence-electron chi connectivity index (χ2n) is 9.07. The number of carbonyl (C=O) groups is 1. The predicted molar refractivity (Wildman–Crippen MR) is 136 cm³/mol. The predicted octanol–water partition coefficient (Wildman–Crippen LogP) is 3.48. The Balaban J connectivity index is 1.84. The van der Waals surface area contributed by atoms with E-state index in [1.165, 1.54) is 29.2 Å². The number of pyridine rings is 1. The Morgan fingerprint density at radius 1 is 1.17 bits per heavy atom. The molecule has 36 heavy (non-hydrogen) atoms. The van der Waals surface area contributed by atoms with Crippen molar-refractivity contribution < 1.29 is 27.5 Å². The maximum absolute atomic E-state index is 14.9. The lowest BCUT2D eigenvalue weighted by atomic mass is 9.99. The normalized spacial score (nSPS) is 13.5. The van der Waals surface area contributed by atoms with Crippen LogP contribution >= 0.6 is 0 Å². The van der Waals surface area contributed by atoms with E-state index in [4.69, 9.17) is 9.94 Å². The summed E-state index contributed by atoms with van der Waals surface area (Å²) >= 11 is 0. The number of amides is 1. The average Bonchev–Trinajstić information content (AvgIpc) is 2.84. The summed E-state index contributed by atoms with van der Waals surface area (Å²) in [4.78, 5) is 25.1. The molecular weight excluding hydrogens is 487 g/mol. The van der Waals surface area contributed by atoms with Crippen LogP contribution in [0.25, 0.3) is 21.9 Å². The number of nitrogens with one attached hydrogen (secondary N) is 1. The molecule has 0 unspecified atom stereocenters. The van der Waals surface area contributed by atoms with E-state index < -0.39 is 20.5 Å². The van der Waals surface area contributed by atoms with Gasteiger partial charge in [0, 0.05) is 43.7 Å². The number of unbranched alkanes of at least 4 members (excludes halogenated alkanes) is 1. The Kier molecular flexibility index (Phi) is 8.65. The van der Waals surface area contributed by atoms with Crippen molar-refractivity contribution in [3.8, 4) is 11.1 Å². The van der Waals surface area contributed by atoms with Crippen molar-refractivity contribution in [3.05, 3.63) is 70.4 Å². The van der Waals surface area contributed by atoms with Crippen molar-refractivity contribution in [3.63, 3.8) is 0 Å². The third kappa shape index (κ3) is 5.83. The van der Waals surface area contributed by atoms with Gasteiger partial charge in [0.25, 0.3) is 11.5 Å². The van der Waals surface area contributed by atoms with Crippen LogP contribution in [-0.2, 0) is 32.3 Å². The number of hydroxylamine groups is 1. The van der Waals surface area contributed by atoms with Crippen LogP contribution in [0, 0.1) is 5.82 Å². The highest BCUT2D eigenvalue weighted by Crippen LogP contribution is 2.27. The highest BCUT2D eigenvalue weighted by atomic mass is 32.2. The van der Waals surface area contributed by atoms with Crippen LogP contribution in [0.4, 0.5) is 4.39 Å². The summed E-state index contributed by atoms with van der Waals surface area (Å²) in [5.41, 5.74) is 3.00. The smallest absolute Gasteiger partial charge is 0.264 e. The summed E-state index contributed by atoms with van der Waals surface area (Å²) in [6.45, 7) is 1.81. The molecule has 0 saturated heterocycles. The van der Waals surface area contributed by atoms with Gasteiger partial charge < -0.3 is 9.30 Å². The quantitative estimate of drug-likeness (QED) is 0.228. The number of nitrogens with zero attached hydrogens (tertiary/aromatic N) is 1. The number of carbonyl (C=O) groups excluding carboxylic acids is 1. The molecule has 2 N–H and O–H groups in total. The highest BCUT2D eigenvalue weighted by Gasteiger charge is 2.43. The first-order valence-electron chi connectivity index (χ1n) is 11.6. The molecule has 1 atom stereocenters. The summed E-state index contributed by atoms with van der Waals surface area (Å²) in [6, 6.07) is 11.9. The van der Waals surface area contributed by atoms with Gasteiger partial charge in [-0.3, -0.25) is 14.8 Å². The molecule has 0 aliphatic heterocycles. The number of sulfone groups is 1. The molecule has 0 bridgehead atoms. The second-order valence-corrected chi connectivity index (χ2v) is 11.5. The van der Waals surface area contributed by atoms with E-state index in [1.807, 2.05) is 6.07 Å². The number of fused-ring (bicyclic) bond motifs is 1. The molecule has 1 aromatic heterocycles. The van der Waals surface area contributed by atoms with Crippen LogP contribution in [-0.4, -0.2) is 48.8 Å². The third-order valence-electron chi connectivity index (χ3n) is 6.62. The fourth-order valence-electron chi connectivity index (χ4n) is 4.07. The van der Waals surface area contributed by atoms with E-state index in [-0.39, 0.29) is 24.3 Å². The number of ether oxygens (including phenoxy) is 1. The minimum Gasteiger partial charge on any atom is -0.385 e. The van der Waals surface area contributed by atoms with Crippen molar-refractivity contribution in [2.24, 2.45) is 0 Å². The van der Waals surface area contributed by atoms with Crippen LogP contribution in [0.1, 0.15) is 31.7 Å². The van der Waals surface area contributed by atoms with Crippen LogP contribution in [0.2, 0.25) is 0 Å². The zero-order valence-corrected chi connectivity index (χ0v) is 21.4. The lowest BCUT2D eigenvalue weighted by Gasteiger charge is -2.25. The van der Waals surface area contributed by atoms with E-state index in [1.54, 1.807) is 37.4 Å². The van der Waals surface area contributed by atoms with Gasteiger partial charge in [-0.25, -0.2) is 18.3 Å². The largest absolute Gasteiger partial charge is 0.385 e. The molecule has 0 radical (unpaired) electrons. The fraction of sp³-hybridized carbons (Fsp3) is 0.385. The Labute approximate surface area is 209 Å². The SMILES string of the molecule is COCCCCc1ccc(-c2ccc3c(=O)n(CC[C@](C)(C(=O)NO)S(C)(=O)=O)ccc3c2)c(F)c1. The van der Waals surface area contributed by atoms with Gasteiger partial charge in [-0.15, -0.1) is 0 Å². The number of methoxy groups -OCH3 is 1. The van der Waals surface area contributed by atoms with E-state index >= 15 is 0 Å². The fourth-order valence-corrected chi connectivity index (χ4v) is 4.92. The summed E-state index contributed by atoms with van der Waals surface area (Å²) in [7, 11) is -2.23. The van der Waals surface area contributed by atoms with Crippen molar-refractivity contribution in [2.45, 2.75) is 43.9 Å². The van der Waals surface area contributed by atoms with Gasteiger partial charge in [-0.05, 0) is 73.4 Å². The molecule has 0 spiro atoms. The minimum atomic E-state index is -3.88. The van der Waals surface area contributed by atoms with Gasteiger partial charge >= 0.3 is 0 Å². The zero-order chi connectivity index (χ0) is 26.5. The summed E-state index contributed by atoms with van der Waals surface area (Å²) < 4.78 is 43.7. The molecule has 3 aromatic rings. The van der Waals surface area contributed by atoms with Gasteiger partial charge in [0.2, 0.25) is 0 Å². The van der Waals surface area contributed by atoms with Gasteiger partial charge in [0.1, 0.15) is 5.82 Å². The molecule has 0 saturated carbocycles. The van der Waals surface area contributed by atoms with Crippen molar-refractivity contribution >= 4 is 26.5 Å². The Hall–Kier alpha value is -3.08. The lowest BCUT2D eigenvalue weighted by molar-refractivity contribution is -0.131. The maximum atomic E-state index is 14.9. The van der Waals surface area contributed by atoms with Crippen LogP contribution in [0.3, 0.4) is 0 Å². The van der Waals surface area contributed by atoms with Gasteiger partial charge in [0.05, 0.1) is 0 Å². The van der Waals surface area contributed by atoms with E-state index in [2.05, 4.69) is 0 Å². The first-order valence-corrected chi connectivity index (χ1v) is 13.5. The van der Waals surface area contributed by atoms with Crippen LogP contribution in [0.5, 0.6) is 0 Å². The van der Waals surface area contributed by atoms with Gasteiger partial charge in [0.15, 0.2) is 14.6 Å². The molecule has 10 heteroatoms. The second kappa shape index (κ2) is 11.3. The monoisotopic (exact) mass is 518 g/mol. The summed E-state index contributed by atoms with van der Waals surface area (Å²) in [5, 5.41) is 9.96. The summed E-state index contributed by atoms with van der Waals surface area (Å²) in [5.74, 6) is -1.40. The maximum Gasteiger partial charge on any atom is 0.264 e. The topological polar surface area (TPSA) is 115 Å². The van der Waals surface area contributed by atoms with E-state index in [0.717, 1.165) is 31.1 Å². The minimum absolute atomic E-state index is 0.0615. The average molecular weight is 519 g/mol. The zero-order valence-electron chi connectivity index (χ0n) is 20.6. The summed E-state index contributed by atoms with van der Waals surface area (Å²) in [6.07, 6.45) is 4.77. The molecule has 2 aromatic carbocycles. The molecule has 0 aliphatic rings. The Morgan fingerprint density at radius 3 is 2.56 bits per heavy atom. The third-order valence-corrected chi connectivity index (χ3v) is 8.64. The molecule has 1 amide bonds. The number of hydrogen-bond donors (Lipinski definition) is 2. The van der Waals surface area contributed by atoms with Crippen LogP contribution < -0.4 is 11.0 Å². The molecular formula is C26H31FN2O6S. The number of benzene rings is 2. The molecule has 3 rings (SSSR count). The standard InChI is InChI=1S/C26H31FN2O6S/c1-26(25(31)28-32,36(3,33)34)12-14-29-13-11-20-17-19(8-10-22(20)24(29)30)21-9-7-18(16-23(21)27)6-4-5-15-35-2/h7-11,13,16-17,32H,4-6,12,14-15H2,1-3H3,(H,28,31)/t26-/m1/s1. The van der Waals surface area contributed by atoms with Crippen LogP contribution in [0.15, 0.2) is 53.5 Å². The lowest BCUT2D eigenvalue weighted by Crippen LogP contribution is -2.49. The molecule has 8 nitrogen and oxygen atoms in total. The molecule has 0 aliphatic carbocycles.